The predicted octanol–water partition coefficient (Wildman–Crippen LogP) is -0.699. The molecular weight excluding hydrogens is 206 g/mol. The standard InChI is InChI=1S/C11H17N3O2/c15-10-2-1-9(14-10)11(16)13-7-8-3-5-12-6-4-8/h3,9,12H,1-2,4-7H2,(H,13,16)(H,14,15)/t9-/m1/s1. The Labute approximate surface area is 94.7 Å². The third-order valence-corrected chi connectivity index (χ3v) is 2.96. The second-order valence-corrected chi connectivity index (χ2v) is 4.19. The molecule has 1 saturated heterocycles. The van der Waals surface area contributed by atoms with E-state index in [2.05, 4.69) is 22.0 Å². The van der Waals surface area contributed by atoms with E-state index in [0.717, 1.165) is 19.5 Å². The van der Waals surface area contributed by atoms with Crippen molar-refractivity contribution >= 4 is 11.8 Å². The average molecular weight is 223 g/mol. The molecule has 0 aromatic heterocycles. The fourth-order valence-corrected chi connectivity index (χ4v) is 1.96. The molecule has 2 heterocycles. The summed E-state index contributed by atoms with van der Waals surface area (Å²) in [5, 5.41) is 8.74. The van der Waals surface area contributed by atoms with Crippen molar-refractivity contribution in [2.24, 2.45) is 0 Å². The van der Waals surface area contributed by atoms with Gasteiger partial charge in [0.15, 0.2) is 0 Å². The van der Waals surface area contributed by atoms with Crippen LogP contribution in [0, 0.1) is 0 Å². The molecule has 0 unspecified atom stereocenters. The van der Waals surface area contributed by atoms with E-state index < -0.39 is 0 Å². The van der Waals surface area contributed by atoms with Gasteiger partial charge in [0.25, 0.3) is 0 Å². The first-order chi connectivity index (χ1) is 7.75. The fourth-order valence-electron chi connectivity index (χ4n) is 1.96. The lowest BCUT2D eigenvalue weighted by Gasteiger charge is -2.16. The van der Waals surface area contributed by atoms with E-state index >= 15 is 0 Å². The molecule has 0 aromatic rings. The van der Waals surface area contributed by atoms with Crippen molar-refractivity contribution in [2.75, 3.05) is 19.6 Å². The zero-order valence-corrected chi connectivity index (χ0v) is 9.21. The molecule has 88 valence electrons. The van der Waals surface area contributed by atoms with Crippen LogP contribution in [0.1, 0.15) is 19.3 Å². The van der Waals surface area contributed by atoms with E-state index in [4.69, 9.17) is 0 Å². The first kappa shape index (κ1) is 11.1. The summed E-state index contributed by atoms with van der Waals surface area (Å²) >= 11 is 0. The van der Waals surface area contributed by atoms with E-state index in [1.165, 1.54) is 5.57 Å². The Kier molecular flexibility index (Phi) is 3.56. The van der Waals surface area contributed by atoms with Gasteiger partial charge < -0.3 is 16.0 Å². The summed E-state index contributed by atoms with van der Waals surface area (Å²) in [6.07, 6.45) is 4.17. The van der Waals surface area contributed by atoms with Gasteiger partial charge in [-0.1, -0.05) is 11.6 Å². The number of carbonyl (C=O) groups excluding carboxylic acids is 2. The molecule has 0 saturated carbocycles. The van der Waals surface area contributed by atoms with Crippen LogP contribution in [0.3, 0.4) is 0 Å². The third-order valence-electron chi connectivity index (χ3n) is 2.96. The maximum atomic E-state index is 11.7. The van der Waals surface area contributed by atoms with Crippen molar-refractivity contribution in [3.63, 3.8) is 0 Å². The molecule has 3 N–H and O–H groups in total. The summed E-state index contributed by atoms with van der Waals surface area (Å²) in [6.45, 7) is 2.46. The minimum absolute atomic E-state index is 0.0266. The fraction of sp³-hybridized carbons (Fsp3) is 0.636. The molecule has 5 heteroatoms. The van der Waals surface area contributed by atoms with Crippen molar-refractivity contribution in [1.82, 2.24) is 16.0 Å². The van der Waals surface area contributed by atoms with Crippen LogP contribution in [0.5, 0.6) is 0 Å². The van der Waals surface area contributed by atoms with Crippen LogP contribution in [0.4, 0.5) is 0 Å². The van der Waals surface area contributed by atoms with Crippen molar-refractivity contribution in [1.29, 1.82) is 0 Å². The van der Waals surface area contributed by atoms with Crippen molar-refractivity contribution in [3.05, 3.63) is 11.6 Å². The van der Waals surface area contributed by atoms with E-state index in [-0.39, 0.29) is 17.9 Å². The van der Waals surface area contributed by atoms with Gasteiger partial charge in [-0.2, -0.15) is 0 Å². The molecule has 5 nitrogen and oxygen atoms in total. The van der Waals surface area contributed by atoms with Crippen LogP contribution in [-0.2, 0) is 9.59 Å². The van der Waals surface area contributed by atoms with Crippen LogP contribution in [0.15, 0.2) is 11.6 Å². The Balaban J connectivity index is 1.75. The Morgan fingerprint density at radius 2 is 2.38 bits per heavy atom. The third kappa shape index (κ3) is 2.82. The highest BCUT2D eigenvalue weighted by Crippen LogP contribution is 2.07. The van der Waals surface area contributed by atoms with Crippen LogP contribution in [-0.4, -0.2) is 37.5 Å². The smallest absolute Gasteiger partial charge is 0.242 e. The largest absolute Gasteiger partial charge is 0.351 e. The molecule has 0 aromatic carbocycles. The van der Waals surface area contributed by atoms with E-state index in [1.807, 2.05) is 0 Å². The van der Waals surface area contributed by atoms with Gasteiger partial charge in [0.05, 0.1) is 0 Å². The van der Waals surface area contributed by atoms with E-state index in [1.54, 1.807) is 0 Å². The number of hydrogen-bond acceptors (Lipinski definition) is 3. The number of hydrogen-bond donors (Lipinski definition) is 3. The van der Waals surface area contributed by atoms with Gasteiger partial charge >= 0.3 is 0 Å². The van der Waals surface area contributed by atoms with Crippen LogP contribution >= 0.6 is 0 Å². The predicted molar refractivity (Wildman–Crippen MR) is 59.7 cm³/mol. The molecule has 2 rings (SSSR count). The highest BCUT2D eigenvalue weighted by molar-refractivity contribution is 5.90. The molecule has 0 spiro atoms. The lowest BCUT2D eigenvalue weighted by atomic mass is 10.1. The Hall–Kier alpha value is -1.36. The highest BCUT2D eigenvalue weighted by atomic mass is 16.2. The molecule has 2 amide bonds. The van der Waals surface area contributed by atoms with Crippen LogP contribution < -0.4 is 16.0 Å². The van der Waals surface area contributed by atoms with Crippen LogP contribution in [0.25, 0.3) is 0 Å². The molecule has 2 aliphatic rings. The Bertz CT molecular complexity index is 325. The number of carbonyl (C=O) groups is 2. The quantitative estimate of drug-likeness (QED) is 0.554. The van der Waals surface area contributed by atoms with E-state index in [0.29, 0.717) is 19.4 Å². The SMILES string of the molecule is O=C1CC[C@H](C(=O)NCC2=CCNCC2)N1. The monoisotopic (exact) mass is 223 g/mol. The minimum Gasteiger partial charge on any atom is -0.351 e. The molecule has 0 aliphatic carbocycles. The molecule has 0 bridgehead atoms. The average Bonchev–Trinajstić information content (AvgIpc) is 2.74. The van der Waals surface area contributed by atoms with Gasteiger partial charge in [0.2, 0.25) is 11.8 Å². The van der Waals surface area contributed by atoms with Gasteiger partial charge in [-0.05, 0) is 19.4 Å². The van der Waals surface area contributed by atoms with Crippen LogP contribution in [0.2, 0.25) is 0 Å². The van der Waals surface area contributed by atoms with Gasteiger partial charge in [0.1, 0.15) is 6.04 Å². The molecular formula is C11H17N3O2. The molecule has 1 fully saturated rings. The second-order valence-electron chi connectivity index (χ2n) is 4.19. The van der Waals surface area contributed by atoms with Crippen molar-refractivity contribution < 1.29 is 9.59 Å². The summed E-state index contributed by atoms with van der Waals surface area (Å²) in [4.78, 5) is 22.6. The maximum Gasteiger partial charge on any atom is 0.242 e. The lowest BCUT2D eigenvalue weighted by Crippen LogP contribution is -2.42. The number of amides is 2. The normalized spacial score (nSPS) is 24.9. The van der Waals surface area contributed by atoms with Gasteiger partial charge in [-0.15, -0.1) is 0 Å². The zero-order valence-electron chi connectivity index (χ0n) is 9.21. The lowest BCUT2D eigenvalue weighted by molar-refractivity contribution is -0.125. The molecule has 0 radical (unpaired) electrons. The van der Waals surface area contributed by atoms with Gasteiger partial charge in [-0.25, -0.2) is 0 Å². The molecule has 1 atom stereocenters. The molecule has 16 heavy (non-hydrogen) atoms. The maximum absolute atomic E-state index is 11.7. The van der Waals surface area contributed by atoms with Crippen molar-refractivity contribution in [3.8, 4) is 0 Å². The number of nitrogens with one attached hydrogen (secondary N) is 3. The minimum atomic E-state index is -0.324. The summed E-state index contributed by atoms with van der Waals surface area (Å²) in [5.74, 6) is -0.0912. The first-order valence-electron chi connectivity index (χ1n) is 5.71. The topological polar surface area (TPSA) is 70.2 Å². The first-order valence-corrected chi connectivity index (χ1v) is 5.71. The summed E-state index contributed by atoms with van der Waals surface area (Å²) < 4.78 is 0. The molecule has 2 aliphatic heterocycles. The highest BCUT2D eigenvalue weighted by Gasteiger charge is 2.26. The zero-order chi connectivity index (χ0) is 11.4. The van der Waals surface area contributed by atoms with Gasteiger partial charge in [-0.3, -0.25) is 9.59 Å². The Morgan fingerprint density at radius 1 is 1.50 bits per heavy atom. The second kappa shape index (κ2) is 5.12. The Morgan fingerprint density at radius 3 is 3.00 bits per heavy atom. The number of rotatable bonds is 3. The van der Waals surface area contributed by atoms with Crippen molar-refractivity contribution in [2.45, 2.75) is 25.3 Å². The summed E-state index contributed by atoms with van der Waals surface area (Å²) in [6, 6.07) is -0.324. The van der Waals surface area contributed by atoms with Gasteiger partial charge in [0, 0.05) is 19.5 Å². The summed E-state index contributed by atoms with van der Waals surface area (Å²) in [5.41, 5.74) is 1.26. The summed E-state index contributed by atoms with van der Waals surface area (Å²) in [7, 11) is 0. The van der Waals surface area contributed by atoms with E-state index in [9.17, 15) is 9.59 Å².